The topological polar surface area (TPSA) is 52.7 Å². The maximum atomic E-state index is 13.3. The van der Waals surface area contributed by atoms with Gasteiger partial charge in [-0.2, -0.15) is 13.2 Å². The Bertz CT molecular complexity index is 738. The van der Waals surface area contributed by atoms with Gasteiger partial charge in [-0.1, -0.05) is 0 Å². The number of benzene rings is 1. The zero-order chi connectivity index (χ0) is 18.5. The van der Waals surface area contributed by atoms with Crippen LogP contribution in [-0.2, 0) is 11.0 Å². The zero-order valence-corrected chi connectivity index (χ0v) is 14.2. The number of halogens is 3. The molecule has 2 amide bonds. The Morgan fingerprint density at radius 1 is 1.12 bits per heavy atom. The van der Waals surface area contributed by atoms with Crippen LogP contribution in [0.1, 0.15) is 28.8 Å². The van der Waals surface area contributed by atoms with Gasteiger partial charge in [0.05, 0.1) is 5.56 Å². The van der Waals surface area contributed by atoms with Crippen LogP contribution in [0.3, 0.4) is 0 Å². The molecule has 3 fully saturated rings. The Kier molecular flexibility index (Phi) is 4.17. The average Bonchev–Trinajstić information content (AvgIpc) is 3.28. The third-order valence-electron chi connectivity index (χ3n) is 5.55. The fourth-order valence-corrected chi connectivity index (χ4v) is 4.18. The van der Waals surface area contributed by atoms with Gasteiger partial charge in [0.2, 0.25) is 5.91 Å². The van der Waals surface area contributed by atoms with Crippen LogP contribution in [0.2, 0.25) is 0 Å². The van der Waals surface area contributed by atoms with Gasteiger partial charge in [-0.3, -0.25) is 9.59 Å². The van der Waals surface area contributed by atoms with E-state index in [-0.39, 0.29) is 17.2 Å². The highest BCUT2D eigenvalue weighted by molar-refractivity contribution is 5.99. The maximum Gasteiger partial charge on any atom is 0.416 e. The lowest BCUT2D eigenvalue weighted by Crippen LogP contribution is -2.32. The molecule has 1 N–H and O–H groups in total. The monoisotopic (exact) mass is 367 g/mol. The van der Waals surface area contributed by atoms with Crippen LogP contribution in [0.25, 0.3) is 0 Å². The highest BCUT2D eigenvalue weighted by Gasteiger charge is 2.39. The second-order valence-electron chi connectivity index (χ2n) is 7.30. The molecule has 0 saturated carbocycles. The number of alkyl halides is 3. The summed E-state index contributed by atoms with van der Waals surface area (Å²) >= 11 is 0. The Morgan fingerprint density at radius 3 is 2.38 bits per heavy atom. The first-order chi connectivity index (χ1) is 12.3. The molecule has 3 aliphatic heterocycles. The third kappa shape index (κ3) is 3.06. The van der Waals surface area contributed by atoms with E-state index in [2.05, 4.69) is 5.32 Å². The van der Waals surface area contributed by atoms with Crippen molar-refractivity contribution in [3.8, 4) is 0 Å². The fourth-order valence-electron chi connectivity index (χ4n) is 4.18. The van der Waals surface area contributed by atoms with Crippen molar-refractivity contribution in [2.45, 2.75) is 19.0 Å². The Balaban J connectivity index is 1.66. The molecule has 4 rings (SSSR count). The van der Waals surface area contributed by atoms with Crippen LogP contribution < -0.4 is 10.2 Å². The Hall–Kier alpha value is -2.09. The average molecular weight is 367 g/mol. The lowest BCUT2D eigenvalue weighted by molar-refractivity contribution is -0.137. The molecule has 0 spiro atoms. The number of hydrogen-bond acceptors (Lipinski definition) is 3. The molecule has 3 heterocycles. The van der Waals surface area contributed by atoms with Crippen molar-refractivity contribution < 1.29 is 22.8 Å². The number of fused-ring (bicyclic) bond motifs is 1. The van der Waals surface area contributed by atoms with Gasteiger partial charge in [-0.05, 0) is 36.5 Å². The molecule has 3 aliphatic rings. The van der Waals surface area contributed by atoms with Gasteiger partial charge < -0.3 is 15.1 Å². The number of anilines is 1. The molecule has 0 aromatic heterocycles. The number of carbonyl (C=O) groups excluding carboxylic acids is 2. The van der Waals surface area contributed by atoms with E-state index in [0.717, 1.165) is 25.2 Å². The van der Waals surface area contributed by atoms with E-state index in [1.807, 2.05) is 0 Å². The van der Waals surface area contributed by atoms with Crippen LogP contribution in [0.15, 0.2) is 18.2 Å². The van der Waals surface area contributed by atoms with Crippen molar-refractivity contribution in [2.24, 2.45) is 11.8 Å². The van der Waals surface area contributed by atoms with Crippen molar-refractivity contribution in [1.82, 2.24) is 10.2 Å². The fraction of sp³-hybridized carbons (Fsp3) is 0.556. The van der Waals surface area contributed by atoms with Crippen molar-refractivity contribution >= 4 is 17.5 Å². The van der Waals surface area contributed by atoms with E-state index in [9.17, 15) is 22.8 Å². The summed E-state index contributed by atoms with van der Waals surface area (Å²) < 4.78 is 40.0. The number of nitrogens with one attached hydrogen (secondary N) is 1. The van der Waals surface area contributed by atoms with Gasteiger partial charge in [0, 0.05) is 50.4 Å². The minimum absolute atomic E-state index is 0.00228. The second-order valence-corrected chi connectivity index (χ2v) is 7.30. The summed E-state index contributed by atoms with van der Waals surface area (Å²) in [7, 11) is 0. The summed E-state index contributed by atoms with van der Waals surface area (Å²) in [6.07, 6.45) is -3.64. The summed E-state index contributed by atoms with van der Waals surface area (Å²) in [5.74, 6) is 0.136. The number of amides is 2. The van der Waals surface area contributed by atoms with Crippen molar-refractivity contribution in [3.05, 3.63) is 29.3 Å². The lowest BCUT2D eigenvalue weighted by atomic mass is 10.0. The summed E-state index contributed by atoms with van der Waals surface area (Å²) in [6, 6.07) is 3.29. The van der Waals surface area contributed by atoms with Crippen LogP contribution in [0.4, 0.5) is 18.9 Å². The normalized spacial score (nSPS) is 25.9. The molecule has 1 aromatic carbocycles. The minimum Gasteiger partial charge on any atom is -0.338 e. The summed E-state index contributed by atoms with van der Waals surface area (Å²) in [5, 5.41) is 3.27. The van der Waals surface area contributed by atoms with Gasteiger partial charge in [0.25, 0.3) is 5.91 Å². The van der Waals surface area contributed by atoms with E-state index < -0.39 is 17.6 Å². The standard InChI is InChI=1S/C18H20F3N3O2/c19-18(20,21)14-4-11(5-15(6-14)24-3-1-2-16(24)25)17(26)23-9-12-7-22-8-13(12)10-23/h4-6,12-13,22H,1-3,7-10H2/t12-,13+. The predicted molar refractivity (Wildman–Crippen MR) is 88.8 cm³/mol. The lowest BCUT2D eigenvalue weighted by Gasteiger charge is -2.22. The highest BCUT2D eigenvalue weighted by atomic mass is 19.4. The number of nitrogens with zero attached hydrogens (tertiary/aromatic N) is 2. The molecule has 8 heteroatoms. The van der Waals surface area contributed by atoms with Gasteiger partial charge >= 0.3 is 6.18 Å². The molecular formula is C18H20F3N3O2. The number of hydrogen-bond donors (Lipinski definition) is 1. The van der Waals surface area contributed by atoms with Crippen molar-refractivity contribution in [2.75, 3.05) is 37.6 Å². The first-order valence-electron chi connectivity index (χ1n) is 8.85. The molecule has 1 aromatic rings. The zero-order valence-electron chi connectivity index (χ0n) is 14.2. The number of rotatable bonds is 2. The number of likely N-dealkylation sites (tertiary alicyclic amines) is 1. The van der Waals surface area contributed by atoms with Crippen LogP contribution in [-0.4, -0.2) is 49.4 Å². The quantitative estimate of drug-likeness (QED) is 0.871. The first kappa shape index (κ1) is 17.3. The van der Waals surface area contributed by atoms with Gasteiger partial charge in [0.15, 0.2) is 0 Å². The van der Waals surface area contributed by atoms with E-state index in [0.29, 0.717) is 44.3 Å². The van der Waals surface area contributed by atoms with E-state index in [1.165, 1.54) is 11.0 Å². The van der Waals surface area contributed by atoms with Gasteiger partial charge in [-0.15, -0.1) is 0 Å². The van der Waals surface area contributed by atoms with Crippen LogP contribution in [0, 0.1) is 11.8 Å². The minimum atomic E-state index is -4.57. The highest BCUT2D eigenvalue weighted by Crippen LogP contribution is 2.35. The molecule has 0 bridgehead atoms. The molecule has 2 atom stereocenters. The number of carbonyl (C=O) groups is 2. The molecule has 0 radical (unpaired) electrons. The SMILES string of the molecule is O=C(c1cc(N2CCCC2=O)cc(C(F)(F)F)c1)N1C[C@H]2CNC[C@H]2C1. The first-order valence-corrected chi connectivity index (χ1v) is 8.85. The van der Waals surface area contributed by atoms with Crippen molar-refractivity contribution in [1.29, 1.82) is 0 Å². The Labute approximate surface area is 149 Å². The van der Waals surface area contributed by atoms with Gasteiger partial charge in [-0.25, -0.2) is 0 Å². The molecule has 26 heavy (non-hydrogen) atoms. The molecule has 140 valence electrons. The van der Waals surface area contributed by atoms with Crippen LogP contribution >= 0.6 is 0 Å². The molecular weight excluding hydrogens is 347 g/mol. The molecule has 0 unspecified atom stereocenters. The largest absolute Gasteiger partial charge is 0.416 e. The summed E-state index contributed by atoms with van der Waals surface area (Å²) in [5.41, 5.74) is -0.728. The summed E-state index contributed by atoms with van der Waals surface area (Å²) in [4.78, 5) is 27.8. The Morgan fingerprint density at radius 2 is 1.81 bits per heavy atom. The smallest absolute Gasteiger partial charge is 0.338 e. The van der Waals surface area contributed by atoms with E-state index in [4.69, 9.17) is 0 Å². The molecule has 5 nitrogen and oxygen atoms in total. The van der Waals surface area contributed by atoms with E-state index in [1.54, 1.807) is 4.90 Å². The van der Waals surface area contributed by atoms with Gasteiger partial charge in [0.1, 0.15) is 0 Å². The maximum absolute atomic E-state index is 13.3. The predicted octanol–water partition coefficient (Wildman–Crippen LogP) is 2.12. The van der Waals surface area contributed by atoms with Crippen molar-refractivity contribution in [3.63, 3.8) is 0 Å². The molecule has 3 saturated heterocycles. The molecule has 0 aliphatic carbocycles. The second kappa shape index (κ2) is 6.26. The van der Waals surface area contributed by atoms with E-state index >= 15 is 0 Å². The van der Waals surface area contributed by atoms with Crippen LogP contribution in [0.5, 0.6) is 0 Å². The third-order valence-corrected chi connectivity index (χ3v) is 5.55. The summed E-state index contributed by atoms with van der Waals surface area (Å²) in [6.45, 7) is 3.18.